The molecule has 0 bridgehead atoms. The molecular formula is C20H26O. The van der Waals surface area contributed by atoms with Crippen LogP contribution in [0.5, 0.6) is 5.75 Å². The minimum absolute atomic E-state index is 0.693. The van der Waals surface area contributed by atoms with E-state index in [1.807, 2.05) is 7.11 Å². The summed E-state index contributed by atoms with van der Waals surface area (Å²) in [4.78, 5) is 0. The molecule has 0 radical (unpaired) electrons. The standard InChI is InChI=1S/C20H26O/c1-3-4-5-8-15-9-6-11-18-17(15)14-13-16-10-7-12-19(21-2)20(16)18/h3-5,7-8,10,12,15,17-18H,6,9,11,13-14H2,1-2H3/b4-3+,8-5+/t15-,17-,18-/m1/s1. The van der Waals surface area contributed by atoms with E-state index in [1.54, 1.807) is 0 Å². The van der Waals surface area contributed by atoms with Gasteiger partial charge in [0.15, 0.2) is 0 Å². The Morgan fingerprint density at radius 3 is 2.86 bits per heavy atom. The average molecular weight is 282 g/mol. The Labute approximate surface area is 128 Å². The van der Waals surface area contributed by atoms with Crippen LogP contribution in [-0.2, 0) is 6.42 Å². The molecule has 0 aromatic heterocycles. The van der Waals surface area contributed by atoms with Gasteiger partial charge in [-0.3, -0.25) is 0 Å². The zero-order chi connectivity index (χ0) is 14.7. The van der Waals surface area contributed by atoms with Crippen molar-refractivity contribution < 1.29 is 4.74 Å². The van der Waals surface area contributed by atoms with E-state index in [2.05, 4.69) is 49.4 Å². The van der Waals surface area contributed by atoms with E-state index in [-0.39, 0.29) is 0 Å². The number of aryl methyl sites for hydroxylation is 1. The summed E-state index contributed by atoms with van der Waals surface area (Å²) in [5, 5.41) is 0. The summed E-state index contributed by atoms with van der Waals surface area (Å²) in [6.45, 7) is 2.08. The first-order chi connectivity index (χ1) is 10.3. The van der Waals surface area contributed by atoms with E-state index >= 15 is 0 Å². The zero-order valence-corrected chi connectivity index (χ0v) is 13.2. The van der Waals surface area contributed by atoms with Gasteiger partial charge in [0.1, 0.15) is 5.75 Å². The maximum atomic E-state index is 5.67. The summed E-state index contributed by atoms with van der Waals surface area (Å²) in [7, 11) is 1.81. The van der Waals surface area contributed by atoms with E-state index in [4.69, 9.17) is 4.74 Å². The second-order valence-corrected chi connectivity index (χ2v) is 6.35. The molecule has 2 aliphatic carbocycles. The van der Waals surface area contributed by atoms with Crippen LogP contribution in [0, 0.1) is 11.8 Å². The molecule has 3 rings (SSSR count). The monoisotopic (exact) mass is 282 g/mol. The van der Waals surface area contributed by atoms with Crippen molar-refractivity contribution in [2.45, 2.75) is 44.9 Å². The fourth-order valence-electron chi connectivity index (χ4n) is 4.36. The molecule has 1 aromatic carbocycles. The van der Waals surface area contributed by atoms with E-state index in [1.165, 1.54) is 43.2 Å². The molecule has 0 N–H and O–H groups in total. The van der Waals surface area contributed by atoms with Crippen LogP contribution in [0.1, 0.15) is 49.7 Å². The van der Waals surface area contributed by atoms with E-state index in [0.29, 0.717) is 5.92 Å². The van der Waals surface area contributed by atoms with Gasteiger partial charge in [-0.05, 0) is 62.0 Å². The van der Waals surface area contributed by atoms with Gasteiger partial charge in [-0.1, -0.05) is 42.9 Å². The Hall–Kier alpha value is -1.50. The molecule has 0 aliphatic heterocycles. The molecule has 0 spiro atoms. The first kappa shape index (κ1) is 14.4. The fourth-order valence-corrected chi connectivity index (χ4v) is 4.36. The van der Waals surface area contributed by atoms with Crippen molar-refractivity contribution in [3.63, 3.8) is 0 Å². The van der Waals surface area contributed by atoms with Gasteiger partial charge < -0.3 is 4.74 Å². The lowest BCUT2D eigenvalue weighted by molar-refractivity contribution is 0.212. The van der Waals surface area contributed by atoms with Gasteiger partial charge in [0.25, 0.3) is 0 Å². The highest BCUT2D eigenvalue weighted by Crippen LogP contribution is 2.50. The molecule has 0 saturated heterocycles. The predicted molar refractivity (Wildman–Crippen MR) is 88.8 cm³/mol. The van der Waals surface area contributed by atoms with Crippen molar-refractivity contribution in [1.82, 2.24) is 0 Å². The van der Waals surface area contributed by atoms with Crippen LogP contribution in [0.2, 0.25) is 0 Å². The number of hydrogen-bond acceptors (Lipinski definition) is 1. The Bertz CT molecular complexity index is 527. The van der Waals surface area contributed by atoms with Gasteiger partial charge >= 0.3 is 0 Å². The third kappa shape index (κ3) is 2.79. The van der Waals surface area contributed by atoms with Gasteiger partial charge in [-0.15, -0.1) is 0 Å². The van der Waals surface area contributed by atoms with Crippen molar-refractivity contribution in [1.29, 1.82) is 0 Å². The van der Waals surface area contributed by atoms with Crippen LogP contribution in [-0.4, -0.2) is 7.11 Å². The summed E-state index contributed by atoms with van der Waals surface area (Å²) >= 11 is 0. The number of fused-ring (bicyclic) bond motifs is 3. The van der Waals surface area contributed by atoms with Gasteiger partial charge in [0, 0.05) is 5.56 Å². The molecular weight excluding hydrogens is 256 g/mol. The number of benzene rings is 1. The molecule has 1 heteroatoms. The first-order valence-electron chi connectivity index (χ1n) is 8.30. The van der Waals surface area contributed by atoms with Crippen molar-refractivity contribution in [2.75, 3.05) is 7.11 Å². The maximum absolute atomic E-state index is 5.67. The SMILES string of the molecule is C/C=C/C=C/[C@@H]1CCC[C@H]2c3c(cccc3OC)CC[C@H]12. The summed E-state index contributed by atoms with van der Waals surface area (Å²) in [6.07, 6.45) is 15.5. The third-order valence-electron chi connectivity index (χ3n) is 5.28. The number of allylic oxidation sites excluding steroid dienone is 4. The number of ether oxygens (including phenoxy) is 1. The van der Waals surface area contributed by atoms with Crippen molar-refractivity contribution in [3.8, 4) is 5.75 Å². The summed E-state index contributed by atoms with van der Waals surface area (Å²) in [6, 6.07) is 6.58. The molecule has 3 atom stereocenters. The molecule has 0 heterocycles. The van der Waals surface area contributed by atoms with Crippen molar-refractivity contribution in [2.24, 2.45) is 11.8 Å². The van der Waals surface area contributed by atoms with Crippen LogP contribution >= 0.6 is 0 Å². The van der Waals surface area contributed by atoms with Crippen LogP contribution < -0.4 is 4.74 Å². The second kappa shape index (κ2) is 6.51. The fraction of sp³-hybridized carbons (Fsp3) is 0.500. The quantitative estimate of drug-likeness (QED) is 0.686. The van der Waals surface area contributed by atoms with E-state index in [9.17, 15) is 0 Å². The summed E-state index contributed by atoms with van der Waals surface area (Å²) in [5.74, 6) is 3.33. The number of methoxy groups -OCH3 is 1. The molecule has 112 valence electrons. The Kier molecular flexibility index (Phi) is 4.48. The lowest BCUT2D eigenvalue weighted by atomic mass is 9.63. The number of hydrogen-bond donors (Lipinski definition) is 0. The first-order valence-corrected chi connectivity index (χ1v) is 8.30. The van der Waals surface area contributed by atoms with E-state index in [0.717, 1.165) is 17.6 Å². The van der Waals surface area contributed by atoms with Crippen LogP contribution in [0.4, 0.5) is 0 Å². The van der Waals surface area contributed by atoms with Gasteiger partial charge in [-0.2, -0.15) is 0 Å². The van der Waals surface area contributed by atoms with Gasteiger partial charge in [0.2, 0.25) is 0 Å². The second-order valence-electron chi connectivity index (χ2n) is 6.35. The topological polar surface area (TPSA) is 9.23 Å². The highest BCUT2D eigenvalue weighted by Gasteiger charge is 2.37. The smallest absolute Gasteiger partial charge is 0.122 e. The molecule has 21 heavy (non-hydrogen) atoms. The Morgan fingerprint density at radius 1 is 1.14 bits per heavy atom. The summed E-state index contributed by atoms with van der Waals surface area (Å²) in [5.41, 5.74) is 3.04. The highest BCUT2D eigenvalue weighted by molar-refractivity contribution is 5.45. The minimum atomic E-state index is 0.693. The minimum Gasteiger partial charge on any atom is -0.496 e. The largest absolute Gasteiger partial charge is 0.496 e. The average Bonchev–Trinajstić information content (AvgIpc) is 2.54. The molecule has 0 amide bonds. The molecule has 1 saturated carbocycles. The molecule has 0 unspecified atom stereocenters. The third-order valence-corrected chi connectivity index (χ3v) is 5.28. The van der Waals surface area contributed by atoms with Crippen molar-refractivity contribution in [3.05, 3.63) is 53.6 Å². The molecule has 1 fully saturated rings. The Morgan fingerprint density at radius 2 is 2.05 bits per heavy atom. The van der Waals surface area contributed by atoms with Crippen LogP contribution in [0.15, 0.2) is 42.5 Å². The molecule has 1 aromatic rings. The van der Waals surface area contributed by atoms with Gasteiger partial charge in [0.05, 0.1) is 7.11 Å². The van der Waals surface area contributed by atoms with Crippen LogP contribution in [0.25, 0.3) is 0 Å². The number of rotatable bonds is 3. The Balaban J connectivity index is 1.91. The zero-order valence-electron chi connectivity index (χ0n) is 13.2. The predicted octanol–water partition coefficient (Wildman–Crippen LogP) is 5.27. The molecule has 1 nitrogen and oxygen atoms in total. The van der Waals surface area contributed by atoms with E-state index < -0.39 is 0 Å². The lowest BCUT2D eigenvalue weighted by Crippen LogP contribution is -2.30. The summed E-state index contributed by atoms with van der Waals surface area (Å²) < 4.78 is 5.67. The molecule has 2 aliphatic rings. The highest BCUT2D eigenvalue weighted by atomic mass is 16.5. The maximum Gasteiger partial charge on any atom is 0.122 e. The van der Waals surface area contributed by atoms with Crippen molar-refractivity contribution >= 4 is 0 Å². The van der Waals surface area contributed by atoms with Crippen LogP contribution in [0.3, 0.4) is 0 Å². The lowest BCUT2D eigenvalue weighted by Gasteiger charge is -2.42. The van der Waals surface area contributed by atoms with Gasteiger partial charge in [-0.25, -0.2) is 0 Å². The normalized spacial score (nSPS) is 28.6.